The Morgan fingerprint density at radius 2 is 1.64 bits per heavy atom. The fourth-order valence-corrected chi connectivity index (χ4v) is 3.91. The molecular formula is C20H15F6N5O2. The molecule has 0 bridgehead atoms. The summed E-state index contributed by atoms with van der Waals surface area (Å²) < 4.78 is 85.6. The molecule has 3 amide bonds. The summed E-state index contributed by atoms with van der Waals surface area (Å²) in [6.45, 7) is 1.70. The van der Waals surface area contributed by atoms with Crippen molar-refractivity contribution in [1.29, 1.82) is 0 Å². The van der Waals surface area contributed by atoms with Gasteiger partial charge in [-0.15, -0.1) is 0 Å². The third-order valence-electron chi connectivity index (χ3n) is 5.48. The number of halogens is 6. The third-order valence-corrected chi connectivity index (χ3v) is 5.48. The molecule has 0 radical (unpaired) electrons. The quantitative estimate of drug-likeness (QED) is 0.659. The number of aromatic nitrogens is 1. The van der Waals surface area contributed by atoms with Crippen molar-refractivity contribution in [3.05, 3.63) is 59.9 Å². The highest BCUT2D eigenvalue weighted by molar-refractivity contribution is 6.10. The zero-order valence-corrected chi connectivity index (χ0v) is 16.7. The zero-order valence-electron chi connectivity index (χ0n) is 16.7. The van der Waals surface area contributed by atoms with E-state index in [0.29, 0.717) is 4.90 Å². The minimum atomic E-state index is -5.99. The number of rotatable bonds is 2. The molecule has 174 valence electrons. The molecule has 2 aliphatic heterocycles. The summed E-state index contributed by atoms with van der Waals surface area (Å²) in [5.41, 5.74) is -4.22. The van der Waals surface area contributed by atoms with Crippen LogP contribution in [0.2, 0.25) is 0 Å². The van der Waals surface area contributed by atoms with E-state index in [1.807, 2.05) is 0 Å². The second kappa shape index (κ2) is 7.46. The van der Waals surface area contributed by atoms with Crippen molar-refractivity contribution in [1.82, 2.24) is 15.6 Å². The van der Waals surface area contributed by atoms with Crippen LogP contribution in [0.25, 0.3) is 0 Å². The van der Waals surface area contributed by atoms with Crippen molar-refractivity contribution < 1.29 is 35.9 Å². The summed E-state index contributed by atoms with van der Waals surface area (Å²) in [7, 11) is 0. The van der Waals surface area contributed by atoms with Crippen LogP contribution in [0.15, 0.2) is 53.8 Å². The van der Waals surface area contributed by atoms with Crippen molar-refractivity contribution in [2.24, 2.45) is 10.9 Å². The summed E-state index contributed by atoms with van der Waals surface area (Å²) in [6, 6.07) is 7.02. The maximum Gasteiger partial charge on any atom is 0.421 e. The van der Waals surface area contributed by atoms with E-state index in [-0.39, 0.29) is 11.3 Å². The van der Waals surface area contributed by atoms with E-state index in [9.17, 15) is 35.9 Å². The first-order chi connectivity index (χ1) is 15.4. The fraction of sp³-hybridized carbons (Fsp3) is 0.300. The van der Waals surface area contributed by atoms with Gasteiger partial charge in [-0.1, -0.05) is 17.7 Å². The normalized spacial score (nSPS) is 22.8. The number of nitrogens with one attached hydrogen (secondary N) is 2. The number of hydrogen-bond donors (Lipinski definition) is 2. The average molecular weight is 471 g/mol. The highest BCUT2D eigenvalue weighted by atomic mass is 19.4. The zero-order chi connectivity index (χ0) is 24.2. The summed E-state index contributed by atoms with van der Waals surface area (Å²) >= 11 is 0. The smallest absolute Gasteiger partial charge is 0.348 e. The molecule has 2 aromatic rings. The molecule has 2 unspecified atom stereocenters. The number of amidine groups is 1. The van der Waals surface area contributed by atoms with E-state index in [4.69, 9.17) is 0 Å². The molecule has 0 aliphatic carbocycles. The number of hydrogen-bond acceptors (Lipinski definition) is 5. The second-order valence-electron chi connectivity index (χ2n) is 7.54. The van der Waals surface area contributed by atoms with Crippen LogP contribution in [-0.4, -0.2) is 46.8 Å². The first-order valence-electron chi connectivity index (χ1n) is 9.47. The molecule has 4 rings (SSSR count). The van der Waals surface area contributed by atoms with Crippen LogP contribution in [0.3, 0.4) is 0 Å². The van der Waals surface area contributed by atoms with Gasteiger partial charge in [-0.25, -0.2) is 9.79 Å². The maximum atomic E-state index is 14.3. The van der Waals surface area contributed by atoms with Gasteiger partial charge in [-0.3, -0.25) is 20.0 Å². The molecule has 1 fully saturated rings. The number of urea groups is 1. The van der Waals surface area contributed by atoms with Crippen LogP contribution in [0.5, 0.6) is 0 Å². The SMILES string of the molecule is Cc1ccc(N2C(=O)NC(=O)C3C2N=C(c2cccnc2)NC3(C(F)(F)F)C(F)(F)F)cc1. The highest BCUT2D eigenvalue weighted by Crippen LogP contribution is 2.52. The Balaban J connectivity index is 2.00. The van der Waals surface area contributed by atoms with Crippen LogP contribution >= 0.6 is 0 Å². The summed E-state index contributed by atoms with van der Waals surface area (Å²) in [5.74, 6) is -5.42. The number of alkyl halides is 6. The van der Waals surface area contributed by atoms with Crippen molar-refractivity contribution in [3.63, 3.8) is 0 Å². The Kier molecular flexibility index (Phi) is 5.10. The molecule has 33 heavy (non-hydrogen) atoms. The van der Waals surface area contributed by atoms with E-state index in [0.717, 1.165) is 11.8 Å². The molecule has 1 saturated heterocycles. The Labute approximate surface area is 182 Å². The summed E-state index contributed by atoms with van der Waals surface area (Å²) in [4.78, 5) is 33.5. The highest BCUT2D eigenvalue weighted by Gasteiger charge is 2.80. The topological polar surface area (TPSA) is 86.7 Å². The predicted octanol–water partition coefficient (Wildman–Crippen LogP) is 3.30. The Morgan fingerprint density at radius 1 is 1.00 bits per heavy atom. The van der Waals surface area contributed by atoms with Crippen molar-refractivity contribution in [2.75, 3.05) is 4.90 Å². The number of aryl methyl sites for hydroxylation is 1. The maximum absolute atomic E-state index is 14.3. The van der Waals surface area contributed by atoms with Gasteiger partial charge in [0.05, 0.1) is 0 Å². The van der Waals surface area contributed by atoms with Crippen LogP contribution < -0.4 is 15.5 Å². The van der Waals surface area contributed by atoms with E-state index < -0.39 is 47.7 Å². The number of fused-ring (bicyclic) bond motifs is 1. The molecule has 1 aromatic heterocycles. The predicted molar refractivity (Wildman–Crippen MR) is 103 cm³/mol. The molecule has 13 heteroatoms. The lowest BCUT2D eigenvalue weighted by molar-refractivity contribution is -0.318. The largest absolute Gasteiger partial charge is 0.421 e. The van der Waals surface area contributed by atoms with Crippen molar-refractivity contribution >= 4 is 23.5 Å². The van der Waals surface area contributed by atoms with Gasteiger partial charge in [-0.2, -0.15) is 26.3 Å². The number of carbonyl (C=O) groups is 2. The van der Waals surface area contributed by atoms with Crippen molar-refractivity contribution in [3.8, 4) is 0 Å². The summed E-state index contributed by atoms with van der Waals surface area (Å²) in [6.07, 6.45) is -11.8. The van der Waals surface area contributed by atoms with Gasteiger partial charge in [0.25, 0.3) is 0 Å². The molecule has 3 heterocycles. The molecule has 2 N–H and O–H groups in total. The van der Waals surface area contributed by atoms with Crippen LogP contribution in [0, 0.1) is 12.8 Å². The number of pyridine rings is 1. The van der Waals surface area contributed by atoms with Gasteiger partial charge in [0.2, 0.25) is 11.4 Å². The summed E-state index contributed by atoms with van der Waals surface area (Å²) in [5, 5.41) is 3.07. The molecule has 2 aliphatic rings. The number of carbonyl (C=O) groups excluding carboxylic acids is 2. The molecular weight excluding hydrogens is 456 g/mol. The third kappa shape index (κ3) is 3.47. The number of nitrogens with zero attached hydrogens (tertiary/aromatic N) is 3. The first kappa shape index (κ1) is 22.6. The first-order valence-corrected chi connectivity index (χ1v) is 9.47. The number of benzene rings is 1. The fourth-order valence-electron chi connectivity index (χ4n) is 3.91. The number of amides is 3. The number of anilines is 1. The van der Waals surface area contributed by atoms with Gasteiger partial charge in [-0.05, 0) is 31.2 Å². The molecule has 2 atom stereocenters. The van der Waals surface area contributed by atoms with E-state index in [1.54, 1.807) is 12.2 Å². The second-order valence-corrected chi connectivity index (χ2v) is 7.54. The van der Waals surface area contributed by atoms with E-state index in [1.165, 1.54) is 47.9 Å². The van der Waals surface area contributed by atoms with E-state index >= 15 is 0 Å². The van der Waals surface area contributed by atoms with Crippen LogP contribution in [0.1, 0.15) is 11.1 Å². The molecule has 7 nitrogen and oxygen atoms in total. The minimum absolute atomic E-state index is 0.0324. The van der Waals surface area contributed by atoms with Gasteiger partial charge < -0.3 is 5.32 Å². The van der Waals surface area contributed by atoms with Gasteiger partial charge >= 0.3 is 18.4 Å². The Morgan fingerprint density at radius 3 is 2.18 bits per heavy atom. The lowest BCUT2D eigenvalue weighted by Gasteiger charge is -2.51. The van der Waals surface area contributed by atoms with Crippen molar-refractivity contribution in [2.45, 2.75) is 31.0 Å². The Hall–Kier alpha value is -3.64. The molecule has 0 spiro atoms. The molecule has 0 saturated carbocycles. The van der Waals surface area contributed by atoms with Gasteiger partial charge in [0.15, 0.2) is 0 Å². The monoisotopic (exact) mass is 471 g/mol. The van der Waals surface area contributed by atoms with Gasteiger partial charge in [0, 0.05) is 23.6 Å². The van der Waals surface area contributed by atoms with Crippen LogP contribution in [0.4, 0.5) is 36.8 Å². The van der Waals surface area contributed by atoms with Gasteiger partial charge in [0.1, 0.15) is 17.9 Å². The number of imide groups is 1. The lowest BCUT2D eigenvalue weighted by Crippen LogP contribution is -2.81. The Bertz CT molecular complexity index is 1100. The molecule has 1 aromatic carbocycles. The average Bonchev–Trinajstić information content (AvgIpc) is 2.73. The van der Waals surface area contributed by atoms with E-state index in [2.05, 4.69) is 9.98 Å². The lowest BCUT2D eigenvalue weighted by atomic mass is 9.76. The minimum Gasteiger partial charge on any atom is -0.348 e. The standard InChI is InChI=1S/C20H15F6N5O2/c1-10-4-6-12(7-5-10)31-15-13(16(32)29-17(31)33)18(19(21,22)23,20(24,25)26)30-14(28-15)11-3-2-8-27-9-11/h2-9,13,15H,1H3,(H,28,30)(H,29,32,33). The van der Waals surface area contributed by atoms with Crippen LogP contribution in [-0.2, 0) is 4.79 Å². The number of aliphatic imine (C=N–C) groups is 1.